The zero-order valence-electron chi connectivity index (χ0n) is 18.0. The lowest BCUT2D eigenvalue weighted by Crippen LogP contribution is -2.28. The number of nitrogens with one attached hydrogen (secondary N) is 1. The van der Waals surface area contributed by atoms with Gasteiger partial charge in [-0.2, -0.15) is 0 Å². The Kier molecular flexibility index (Phi) is 8.68. The summed E-state index contributed by atoms with van der Waals surface area (Å²) in [5.74, 6) is 0.811. The van der Waals surface area contributed by atoms with E-state index in [0.717, 1.165) is 19.6 Å². The molecule has 0 aliphatic heterocycles. The van der Waals surface area contributed by atoms with Gasteiger partial charge in [0.25, 0.3) is 5.91 Å². The maximum Gasteiger partial charge on any atom is 0.255 e. The van der Waals surface area contributed by atoms with Crippen LogP contribution >= 0.6 is 0 Å². The van der Waals surface area contributed by atoms with Crippen LogP contribution in [0.2, 0.25) is 0 Å². The first kappa shape index (κ1) is 23.7. The third kappa shape index (κ3) is 7.35. The van der Waals surface area contributed by atoms with Crippen molar-refractivity contribution < 1.29 is 22.7 Å². The Bertz CT molecular complexity index is 939. The minimum absolute atomic E-state index is 0.0540. The van der Waals surface area contributed by atoms with Gasteiger partial charge in [-0.1, -0.05) is 26.0 Å². The summed E-state index contributed by atoms with van der Waals surface area (Å²) >= 11 is 0. The van der Waals surface area contributed by atoms with E-state index in [-0.39, 0.29) is 11.7 Å². The number of sulfone groups is 1. The van der Waals surface area contributed by atoms with Crippen LogP contribution in [-0.2, 0) is 15.6 Å². The van der Waals surface area contributed by atoms with Crippen molar-refractivity contribution >= 4 is 21.4 Å². The van der Waals surface area contributed by atoms with E-state index in [2.05, 4.69) is 24.1 Å². The molecule has 2 rings (SSSR count). The van der Waals surface area contributed by atoms with Crippen molar-refractivity contribution in [1.29, 1.82) is 0 Å². The van der Waals surface area contributed by atoms with Crippen LogP contribution in [0.3, 0.4) is 0 Å². The first-order valence-electron chi connectivity index (χ1n) is 9.87. The Hall–Kier alpha value is -2.58. The van der Waals surface area contributed by atoms with Gasteiger partial charge in [-0.3, -0.25) is 4.79 Å². The lowest BCUT2D eigenvalue weighted by atomic mass is 10.1. The molecule has 30 heavy (non-hydrogen) atoms. The average Bonchev–Trinajstić information content (AvgIpc) is 2.70. The number of rotatable bonds is 11. The van der Waals surface area contributed by atoms with E-state index < -0.39 is 9.84 Å². The monoisotopic (exact) mass is 434 g/mol. The number of carbonyl (C=O) groups is 1. The highest BCUT2D eigenvalue weighted by atomic mass is 32.2. The number of anilines is 1. The van der Waals surface area contributed by atoms with E-state index in [0.29, 0.717) is 34.9 Å². The molecule has 0 bridgehead atoms. The third-order valence-electron chi connectivity index (χ3n) is 4.63. The van der Waals surface area contributed by atoms with Crippen molar-refractivity contribution in [3.05, 3.63) is 53.6 Å². The highest BCUT2D eigenvalue weighted by Gasteiger charge is 2.11. The van der Waals surface area contributed by atoms with Gasteiger partial charge in [0.15, 0.2) is 21.3 Å². The molecule has 0 aliphatic carbocycles. The molecule has 2 aromatic carbocycles. The Morgan fingerprint density at radius 3 is 2.27 bits per heavy atom. The fraction of sp³-hybridized carbons (Fsp3) is 0.409. The summed E-state index contributed by atoms with van der Waals surface area (Å²) < 4.78 is 34.0. The van der Waals surface area contributed by atoms with Gasteiger partial charge >= 0.3 is 0 Å². The van der Waals surface area contributed by atoms with Gasteiger partial charge in [-0.15, -0.1) is 0 Å². The van der Waals surface area contributed by atoms with E-state index in [1.54, 1.807) is 49.6 Å². The fourth-order valence-electron chi connectivity index (χ4n) is 2.95. The highest BCUT2D eigenvalue weighted by Crippen LogP contribution is 2.30. The number of benzene rings is 2. The van der Waals surface area contributed by atoms with E-state index in [4.69, 9.17) is 9.47 Å². The second kappa shape index (κ2) is 11.0. The predicted molar refractivity (Wildman–Crippen MR) is 119 cm³/mol. The molecule has 0 saturated carbocycles. The Balaban J connectivity index is 2.05. The highest BCUT2D eigenvalue weighted by molar-refractivity contribution is 7.89. The zero-order chi connectivity index (χ0) is 22.1. The normalized spacial score (nSPS) is 11.4. The fourth-order valence-corrected chi connectivity index (χ4v) is 3.75. The van der Waals surface area contributed by atoms with E-state index in [1.807, 2.05) is 0 Å². The van der Waals surface area contributed by atoms with Crippen LogP contribution in [0.4, 0.5) is 5.69 Å². The summed E-state index contributed by atoms with van der Waals surface area (Å²) in [6.45, 7) is 7.43. The third-order valence-corrected chi connectivity index (χ3v) is 5.48. The van der Waals surface area contributed by atoms with Crippen LogP contribution in [0.15, 0.2) is 42.5 Å². The molecule has 8 heteroatoms. The Labute approximate surface area is 178 Å². The Morgan fingerprint density at radius 2 is 1.70 bits per heavy atom. The van der Waals surface area contributed by atoms with Gasteiger partial charge in [0.1, 0.15) is 6.61 Å². The molecule has 0 spiro atoms. The van der Waals surface area contributed by atoms with Crippen molar-refractivity contribution in [1.82, 2.24) is 4.90 Å². The number of hydrogen-bond donors (Lipinski definition) is 1. The quantitative estimate of drug-likeness (QED) is 0.585. The van der Waals surface area contributed by atoms with Crippen LogP contribution in [0.5, 0.6) is 11.5 Å². The van der Waals surface area contributed by atoms with Gasteiger partial charge in [0, 0.05) is 30.1 Å². The molecule has 0 aromatic heterocycles. The molecule has 0 unspecified atom stereocenters. The van der Waals surface area contributed by atoms with Gasteiger partial charge in [0.2, 0.25) is 0 Å². The van der Waals surface area contributed by atoms with Crippen molar-refractivity contribution in [3.63, 3.8) is 0 Å². The van der Waals surface area contributed by atoms with Crippen molar-refractivity contribution in [3.8, 4) is 11.5 Å². The van der Waals surface area contributed by atoms with Crippen LogP contribution in [0.1, 0.15) is 29.8 Å². The summed E-state index contributed by atoms with van der Waals surface area (Å²) in [6, 6.07) is 11.7. The maximum atomic E-state index is 12.5. The molecule has 0 atom stereocenters. The summed E-state index contributed by atoms with van der Waals surface area (Å²) in [5, 5.41) is 2.84. The van der Waals surface area contributed by atoms with Crippen molar-refractivity contribution in [2.45, 2.75) is 19.6 Å². The molecule has 1 N–H and O–H groups in total. The standard InChI is InChI=1S/C22H30N2O5S/c1-5-24(6-2)13-14-29-21-15-19(11-12-20(21)28-3)23-22(25)18-9-7-17(8-10-18)16-30(4,26)27/h7-12,15H,5-6,13-14,16H2,1-4H3,(H,23,25). The van der Waals surface area contributed by atoms with Gasteiger partial charge in [0.05, 0.1) is 12.9 Å². The molecule has 7 nitrogen and oxygen atoms in total. The first-order valence-corrected chi connectivity index (χ1v) is 11.9. The minimum Gasteiger partial charge on any atom is -0.493 e. The average molecular weight is 435 g/mol. The maximum absolute atomic E-state index is 12.5. The van der Waals surface area contributed by atoms with Gasteiger partial charge in [-0.05, 0) is 42.9 Å². The molecule has 164 valence electrons. The van der Waals surface area contributed by atoms with Crippen LogP contribution in [0.25, 0.3) is 0 Å². The van der Waals surface area contributed by atoms with E-state index in [1.165, 1.54) is 6.26 Å². The lowest BCUT2D eigenvalue weighted by molar-refractivity contribution is 0.102. The molecule has 0 heterocycles. The van der Waals surface area contributed by atoms with E-state index in [9.17, 15) is 13.2 Å². The number of amides is 1. The van der Waals surface area contributed by atoms with Gasteiger partial charge < -0.3 is 19.7 Å². The number of carbonyl (C=O) groups excluding carboxylic acids is 1. The van der Waals surface area contributed by atoms with Crippen LogP contribution < -0.4 is 14.8 Å². The van der Waals surface area contributed by atoms with Crippen molar-refractivity contribution in [2.24, 2.45) is 0 Å². The molecule has 0 radical (unpaired) electrons. The number of likely N-dealkylation sites (N-methyl/N-ethyl adjacent to an activating group) is 1. The smallest absolute Gasteiger partial charge is 0.255 e. The van der Waals surface area contributed by atoms with E-state index >= 15 is 0 Å². The number of nitrogens with zero attached hydrogens (tertiary/aromatic N) is 1. The van der Waals surface area contributed by atoms with Gasteiger partial charge in [-0.25, -0.2) is 8.42 Å². The van der Waals surface area contributed by atoms with Crippen LogP contribution in [-0.4, -0.2) is 58.8 Å². The molecule has 1 amide bonds. The molecule has 0 aliphatic rings. The first-order chi connectivity index (χ1) is 14.3. The molecule has 2 aromatic rings. The second-order valence-corrected chi connectivity index (χ2v) is 9.10. The second-order valence-electron chi connectivity index (χ2n) is 6.96. The minimum atomic E-state index is -3.12. The molecule has 0 saturated heterocycles. The molecular weight excluding hydrogens is 404 g/mol. The van der Waals surface area contributed by atoms with Crippen molar-refractivity contribution in [2.75, 3.05) is 44.9 Å². The summed E-state index contributed by atoms with van der Waals surface area (Å²) in [4.78, 5) is 14.8. The predicted octanol–water partition coefficient (Wildman–Crippen LogP) is 3.21. The molecule has 0 fully saturated rings. The SMILES string of the molecule is CCN(CC)CCOc1cc(NC(=O)c2ccc(CS(C)(=O)=O)cc2)ccc1OC. The zero-order valence-corrected chi connectivity index (χ0v) is 18.8. The molecular formula is C22H30N2O5S. The largest absolute Gasteiger partial charge is 0.493 e. The van der Waals surface area contributed by atoms with Crippen LogP contribution in [0, 0.1) is 0 Å². The number of methoxy groups -OCH3 is 1. The number of ether oxygens (including phenoxy) is 2. The summed E-state index contributed by atoms with van der Waals surface area (Å²) in [5.41, 5.74) is 1.66. The summed E-state index contributed by atoms with van der Waals surface area (Å²) in [6.07, 6.45) is 1.18. The lowest BCUT2D eigenvalue weighted by Gasteiger charge is -2.19. The number of hydrogen-bond acceptors (Lipinski definition) is 6. The Morgan fingerprint density at radius 1 is 1.03 bits per heavy atom. The topological polar surface area (TPSA) is 84.9 Å². The summed E-state index contributed by atoms with van der Waals surface area (Å²) in [7, 11) is -1.54.